The van der Waals surface area contributed by atoms with Crippen molar-refractivity contribution < 1.29 is 9.36 Å². The van der Waals surface area contributed by atoms with E-state index in [1.807, 2.05) is 72.6 Å². The average Bonchev–Trinajstić information content (AvgIpc) is 2.48. The van der Waals surface area contributed by atoms with Crippen LogP contribution < -0.4 is 15.6 Å². The van der Waals surface area contributed by atoms with E-state index in [0.29, 0.717) is 0 Å². The number of amides is 1. The minimum absolute atomic E-state index is 0.00686. The van der Waals surface area contributed by atoms with Crippen molar-refractivity contribution in [2.45, 2.75) is 0 Å². The molecule has 0 saturated carbocycles. The van der Waals surface area contributed by atoms with Crippen LogP contribution >= 0.6 is 0 Å². The van der Waals surface area contributed by atoms with Crippen LogP contribution in [0.1, 0.15) is 11.1 Å². The van der Waals surface area contributed by atoms with E-state index >= 15 is 0 Å². The second kappa shape index (κ2) is 6.63. The molecule has 1 amide bonds. The molecule has 0 aliphatic heterocycles. The summed E-state index contributed by atoms with van der Waals surface area (Å²) in [4.78, 5) is 11.2. The van der Waals surface area contributed by atoms with Crippen molar-refractivity contribution in [2.75, 3.05) is 11.9 Å². The van der Waals surface area contributed by atoms with Crippen LogP contribution in [0.5, 0.6) is 0 Å². The number of carbonyl (C=O) groups is 1. The lowest BCUT2D eigenvalue weighted by atomic mass is 10.1. The monoisotopic (exact) mass is 268 g/mol. The highest BCUT2D eigenvalue weighted by Gasteiger charge is 1.98. The summed E-state index contributed by atoms with van der Waals surface area (Å²) in [5.41, 5.74) is 8.22. The average molecular weight is 268 g/mol. The predicted molar refractivity (Wildman–Crippen MR) is 80.7 cm³/mol. The first-order valence-electron chi connectivity index (χ1n) is 6.41. The van der Waals surface area contributed by atoms with Crippen LogP contribution in [-0.4, -0.2) is 12.5 Å². The minimum Gasteiger partial charge on any atom is -0.325 e. The molecule has 0 aliphatic rings. The Hall–Kier alpha value is -2.46. The van der Waals surface area contributed by atoms with Gasteiger partial charge in [0.05, 0.1) is 6.54 Å². The topological polar surface area (TPSA) is 59.0 Å². The van der Waals surface area contributed by atoms with E-state index in [4.69, 9.17) is 5.73 Å². The van der Waals surface area contributed by atoms with E-state index in [1.165, 1.54) is 0 Å². The SMILES string of the molecule is C[n+]1ccc(C=Cc2ccc(NC(=O)CN)cc2)cc1. The van der Waals surface area contributed by atoms with E-state index < -0.39 is 0 Å². The Labute approximate surface area is 118 Å². The summed E-state index contributed by atoms with van der Waals surface area (Å²) in [6.07, 6.45) is 8.09. The molecule has 102 valence electrons. The van der Waals surface area contributed by atoms with Gasteiger partial charge in [0.2, 0.25) is 5.91 Å². The van der Waals surface area contributed by atoms with Crippen LogP contribution in [0.3, 0.4) is 0 Å². The van der Waals surface area contributed by atoms with E-state index in [9.17, 15) is 4.79 Å². The third-order valence-electron chi connectivity index (χ3n) is 2.85. The molecule has 0 aliphatic carbocycles. The quantitative estimate of drug-likeness (QED) is 0.827. The third-order valence-corrected chi connectivity index (χ3v) is 2.85. The van der Waals surface area contributed by atoms with Crippen molar-refractivity contribution in [1.29, 1.82) is 0 Å². The summed E-state index contributed by atoms with van der Waals surface area (Å²) in [6.45, 7) is -0.00686. The van der Waals surface area contributed by atoms with E-state index in [2.05, 4.69) is 5.32 Å². The number of carbonyl (C=O) groups excluding carboxylic acids is 1. The Balaban J connectivity index is 2.03. The van der Waals surface area contributed by atoms with Gasteiger partial charge in [-0.05, 0) is 23.3 Å². The number of hydrogen-bond donors (Lipinski definition) is 2. The van der Waals surface area contributed by atoms with Crippen molar-refractivity contribution in [3.05, 3.63) is 59.9 Å². The van der Waals surface area contributed by atoms with Crippen LogP contribution in [0.2, 0.25) is 0 Å². The van der Waals surface area contributed by atoms with Gasteiger partial charge >= 0.3 is 0 Å². The molecule has 1 heterocycles. The van der Waals surface area contributed by atoms with Gasteiger partial charge in [-0.15, -0.1) is 0 Å². The smallest absolute Gasteiger partial charge is 0.238 e. The molecule has 0 spiro atoms. The number of nitrogens with one attached hydrogen (secondary N) is 1. The van der Waals surface area contributed by atoms with E-state index in [-0.39, 0.29) is 12.5 Å². The molecule has 2 aromatic rings. The highest BCUT2D eigenvalue weighted by molar-refractivity contribution is 5.92. The summed E-state index contributed by atoms with van der Waals surface area (Å²) >= 11 is 0. The van der Waals surface area contributed by atoms with Gasteiger partial charge < -0.3 is 11.1 Å². The van der Waals surface area contributed by atoms with E-state index in [1.54, 1.807) is 0 Å². The Bertz CT molecular complexity index is 601. The van der Waals surface area contributed by atoms with Crippen molar-refractivity contribution in [3.8, 4) is 0 Å². The third kappa shape index (κ3) is 4.03. The van der Waals surface area contributed by atoms with Crippen LogP contribution in [0, 0.1) is 0 Å². The Morgan fingerprint density at radius 2 is 1.65 bits per heavy atom. The summed E-state index contributed by atoms with van der Waals surface area (Å²) < 4.78 is 1.99. The van der Waals surface area contributed by atoms with Gasteiger partial charge in [-0.3, -0.25) is 4.79 Å². The molecule has 4 heteroatoms. The zero-order valence-electron chi connectivity index (χ0n) is 11.4. The first-order chi connectivity index (χ1) is 9.67. The van der Waals surface area contributed by atoms with Gasteiger partial charge in [-0.1, -0.05) is 24.3 Å². The Morgan fingerprint density at radius 3 is 2.20 bits per heavy atom. The molecule has 4 nitrogen and oxygen atoms in total. The normalized spacial score (nSPS) is 10.7. The Kier molecular flexibility index (Phi) is 4.63. The van der Waals surface area contributed by atoms with Gasteiger partial charge in [0.15, 0.2) is 12.4 Å². The zero-order chi connectivity index (χ0) is 14.4. The molecule has 1 aromatic heterocycles. The molecule has 20 heavy (non-hydrogen) atoms. The number of aromatic nitrogens is 1. The first-order valence-corrected chi connectivity index (χ1v) is 6.41. The molecule has 0 unspecified atom stereocenters. The lowest BCUT2D eigenvalue weighted by molar-refractivity contribution is -0.671. The number of nitrogens with two attached hydrogens (primary N) is 1. The standard InChI is InChI=1S/C16H17N3O/c1-19-10-8-14(9-11-19)3-2-13-4-6-15(7-5-13)18-16(20)12-17/h2-11H,12,17H2,1H3/p+1. The molecule has 0 saturated heterocycles. The fourth-order valence-corrected chi connectivity index (χ4v) is 1.71. The molecule has 0 atom stereocenters. The number of rotatable bonds is 4. The fraction of sp³-hybridized carbons (Fsp3) is 0.125. The molecule has 0 fully saturated rings. The molecule has 3 N–H and O–H groups in total. The van der Waals surface area contributed by atoms with Crippen molar-refractivity contribution >= 4 is 23.7 Å². The van der Waals surface area contributed by atoms with Crippen molar-refractivity contribution in [2.24, 2.45) is 12.8 Å². The molecule has 0 radical (unpaired) electrons. The zero-order valence-corrected chi connectivity index (χ0v) is 11.4. The lowest BCUT2D eigenvalue weighted by Gasteiger charge is -2.03. The van der Waals surface area contributed by atoms with Crippen molar-refractivity contribution in [1.82, 2.24) is 0 Å². The summed E-state index contributed by atoms with van der Waals surface area (Å²) in [5.74, 6) is -0.189. The maximum absolute atomic E-state index is 11.2. The maximum atomic E-state index is 11.2. The maximum Gasteiger partial charge on any atom is 0.238 e. The molecular weight excluding hydrogens is 250 g/mol. The number of aryl methyl sites for hydroxylation is 1. The minimum atomic E-state index is -0.189. The Morgan fingerprint density at radius 1 is 1.10 bits per heavy atom. The molecule has 0 bridgehead atoms. The molecule has 1 aromatic carbocycles. The first kappa shape index (κ1) is 14.0. The van der Waals surface area contributed by atoms with Gasteiger partial charge in [-0.25, -0.2) is 4.57 Å². The van der Waals surface area contributed by atoms with Gasteiger partial charge in [0.25, 0.3) is 0 Å². The van der Waals surface area contributed by atoms with Gasteiger partial charge in [0.1, 0.15) is 7.05 Å². The highest BCUT2D eigenvalue weighted by Crippen LogP contribution is 2.12. The largest absolute Gasteiger partial charge is 0.325 e. The second-order valence-electron chi connectivity index (χ2n) is 4.50. The predicted octanol–water partition coefficient (Wildman–Crippen LogP) is 1.58. The van der Waals surface area contributed by atoms with Gasteiger partial charge in [-0.2, -0.15) is 0 Å². The number of benzene rings is 1. The number of anilines is 1. The summed E-state index contributed by atoms with van der Waals surface area (Å²) in [6, 6.07) is 11.7. The lowest BCUT2D eigenvalue weighted by Crippen LogP contribution is -2.25. The van der Waals surface area contributed by atoms with Crippen LogP contribution in [-0.2, 0) is 11.8 Å². The van der Waals surface area contributed by atoms with Crippen LogP contribution in [0.15, 0.2) is 48.8 Å². The number of nitrogens with zero attached hydrogens (tertiary/aromatic N) is 1. The number of pyridine rings is 1. The van der Waals surface area contributed by atoms with Gasteiger partial charge in [0, 0.05) is 17.8 Å². The van der Waals surface area contributed by atoms with Crippen LogP contribution in [0.4, 0.5) is 5.69 Å². The highest BCUT2D eigenvalue weighted by atomic mass is 16.1. The van der Waals surface area contributed by atoms with Crippen LogP contribution in [0.25, 0.3) is 12.2 Å². The molecular formula is C16H18N3O+. The summed E-state index contributed by atoms with van der Waals surface area (Å²) in [5, 5.41) is 2.71. The van der Waals surface area contributed by atoms with Crippen molar-refractivity contribution in [3.63, 3.8) is 0 Å². The second-order valence-corrected chi connectivity index (χ2v) is 4.50. The fourth-order valence-electron chi connectivity index (χ4n) is 1.71. The molecule has 2 rings (SSSR count). The summed E-state index contributed by atoms with van der Waals surface area (Å²) in [7, 11) is 1.99. The van der Waals surface area contributed by atoms with E-state index in [0.717, 1.165) is 16.8 Å². The number of hydrogen-bond acceptors (Lipinski definition) is 2.